The number of carboxylic acids is 1. The van der Waals surface area contributed by atoms with Crippen molar-refractivity contribution < 1.29 is 24.5 Å². The fourth-order valence-electron chi connectivity index (χ4n) is 3.41. The maximum atomic E-state index is 12.1. The molecule has 0 aromatic heterocycles. The Balaban J connectivity index is 2.38. The molecule has 0 heterocycles. The van der Waals surface area contributed by atoms with E-state index in [1.54, 1.807) is 0 Å². The maximum Gasteiger partial charge on any atom is 0.329 e. The zero-order chi connectivity index (χ0) is 18.7. The second-order valence-electron chi connectivity index (χ2n) is 7.39. The van der Waals surface area contributed by atoms with Crippen LogP contribution in [0.25, 0.3) is 0 Å². The van der Waals surface area contributed by atoms with Gasteiger partial charge in [-0.15, -0.1) is 0 Å². The van der Waals surface area contributed by atoms with Crippen LogP contribution in [0, 0.1) is 11.8 Å². The average molecular weight is 354 g/mol. The van der Waals surface area contributed by atoms with Crippen LogP contribution in [0.3, 0.4) is 0 Å². The first-order valence-corrected chi connectivity index (χ1v) is 9.59. The van der Waals surface area contributed by atoms with E-state index in [0.717, 1.165) is 51.4 Å². The van der Waals surface area contributed by atoms with Gasteiger partial charge in [-0.1, -0.05) is 44.8 Å². The van der Waals surface area contributed by atoms with E-state index in [1.807, 2.05) is 19.1 Å². The molecule has 2 N–H and O–H groups in total. The van der Waals surface area contributed by atoms with Crippen molar-refractivity contribution >= 4 is 11.8 Å². The largest absolute Gasteiger partial charge is 0.480 e. The third-order valence-electron chi connectivity index (χ3n) is 4.92. The summed E-state index contributed by atoms with van der Waals surface area (Å²) in [6.07, 6.45) is 11.9. The number of rotatable bonds is 13. The van der Waals surface area contributed by atoms with E-state index in [2.05, 4.69) is 6.92 Å². The molecule has 1 aliphatic rings. The van der Waals surface area contributed by atoms with Gasteiger partial charge >= 0.3 is 5.97 Å². The quantitative estimate of drug-likeness (QED) is 0.389. The standard InChI is InChI=1S/C20H34O5/c1-3-4-6-12-20(2,24)13-11-16-9-10-18(21)17(16)8-5-7-14-25-15-19(22)23/h11,13,16-17,24H,3-10,12,14-15H2,1-2H3,(H,22,23)/b13-11+/t16-,17+,20+/m1/s1. The third kappa shape index (κ3) is 9.17. The monoisotopic (exact) mass is 354 g/mol. The van der Waals surface area contributed by atoms with Gasteiger partial charge in [-0.3, -0.25) is 4.79 Å². The molecule has 0 saturated heterocycles. The second-order valence-corrected chi connectivity index (χ2v) is 7.39. The van der Waals surface area contributed by atoms with Crippen LogP contribution in [-0.2, 0) is 14.3 Å². The first kappa shape index (κ1) is 21.8. The number of allylic oxidation sites excluding steroid dienone is 1. The molecule has 0 unspecified atom stereocenters. The summed E-state index contributed by atoms with van der Waals surface area (Å²) in [5, 5.41) is 18.9. The predicted octanol–water partition coefficient (Wildman–Crippen LogP) is 3.74. The van der Waals surface area contributed by atoms with Crippen LogP contribution in [0.1, 0.15) is 71.6 Å². The van der Waals surface area contributed by atoms with Crippen molar-refractivity contribution in [2.24, 2.45) is 11.8 Å². The van der Waals surface area contributed by atoms with E-state index in [1.165, 1.54) is 0 Å². The molecule has 1 saturated carbocycles. The second kappa shape index (κ2) is 11.4. The first-order valence-electron chi connectivity index (χ1n) is 9.59. The number of aliphatic carboxylic acids is 1. The number of carbonyl (C=O) groups is 2. The Kier molecular flexibility index (Phi) is 9.98. The fraction of sp³-hybridized carbons (Fsp3) is 0.800. The summed E-state index contributed by atoms with van der Waals surface area (Å²) in [4.78, 5) is 22.5. The number of ether oxygens (including phenoxy) is 1. The molecule has 1 rings (SSSR count). The van der Waals surface area contributed by atoms with Gasteiger partial charge in [-0.25, -0.2) is 4.79 Å². The highest BCUT2D eigenvalue weighted by molar-refractivity contribution is 5.83. The smallest absolute Gasteiger partial charge is 0.329 e. The molecule has 0 spiro atoms. The van der Waals surface area contributed by atoms with Gasteiger partial charge < -0.3 is 14.9 Å². The van der Waals surface area contributed by atoms with Crippen LogP contribution in [-0.4, -0.2) is 40.8 Å². The first-order chi connectivity index (χ1) is 11.9. The fourth-order valence-corrected chi connectivity index (χ4v) is 3.41. The van der Waals surface area contributed by atoms with Crippen molar-refractivity contribution in [1.29, 1.82) is 0 Å². The Bertz CT molecular complexity index is 441. The van der Waals surface area contributed by atoms with Crippen LogP contribution < -0.4 is 0 Å². The number of carbonyl (C=O) groups excluding carboxylic acids is 1. The van der Waals surface area contributed by atoms with E-state index in [9.17, 15) is 14.7 Å². The van der Waals surface area contributed by atoms with Crippen molar-refractivity contribution in [1.82, 2.24) is 0 Å². The Morgan fingerprint density at radius 2 is 2.08 bits per heavy atom. The number of Topliss-reactive ketones (excluding diaryl/α,β-unsaturated/α-hetero) is 1. The minimum Gasteiger partial charge on any atom is -0.480 e. The lowest BCUT2D eigenvalue weighted by Crippen LogP contribution is -2.21. The molecule has 0 aromatic carbocycles. The Labute approximate surface area is 151 Å². The summed E-state index contributed by atoms with van der Waals surface area (Å²) in [6.45, 7) is 4.14. The molecule has 0 bridgehead atoms. The molecule has 0 aromatic rings. The molecule has 144 valence electrons. The van der Waals surface area contributed by atoms with E-state index in [4.69, 9.17) is 9.84 Å². The van der Waals surface area contributed by atoms with Gasteiger partial charge in [0.15, 0.2) is 0 Å². The highest BCUT2D eigenvalue weighted by Crippen LogP contribution is 2.34. The van der Waals surface area contributed by atoms with Crippen LogP contribution >= 0.6 is 0 Å². The minimum absolute atomic E-state index is 0.0298. The molecule has 5 nitrogen and oxygen atoms in total. The molecule has 3 atom stereocenters. The van der Waals surface area contributed by atoms with E-state index < -0.39 is 11.6 Å². The highest BCUT2D eigenvalue weighted by atomic mass is 16.5. The number of hydrogen-bond acceptors (Lipinski definition) is 4. The third-order valence-corrected chi connectivity index (χ3v) is 4.92. The van der Waals surface area contributed by atoms with Crippen molar-refractivity contribution in [2.75, 3.05) is 13.2 Å². The molecule has 0 amide bonds. The average Bonchev–Trinajstić information content (AvgIpc) is 2.89. The zero-order valence-corrected chi connectivity index (χ0v) is 15.7. The van der Waals surface area contributed by atoms with Crippen LogP contribution in [0.2, 0.25) is 0 Å². The van der Waals surface area contributed by atoms with Crippen LogP contribution in [0.4, 0.5) is 0 Å². The molecule has 25 heavy (non-hydrogen) atoms. The molecule has 1 fully saturated rings. The van der Waals surface area contributed by atoms with E-state index in [-0.39, 0.29) is 18.4 Å². The van der Waals surface area contributed by atoms with Gasteiger partial charge in [-0.05, 0) is 38.5 Å². The van der Waals surface area contributed by atoms with Crippen LogP contribution in [0.5, 0.6) is 0 Å². The minimum atomic E-state index is -0.956. The van der Waals surface area contributed by atoms with Crippen molar-refractivity contribution in [2.45, 2.75) is 77.2 Å². The molecule has 5 heteroatoms. The molecule has 1 aliphatic carbocycles. The van der Waals surface area contributed by atoms with E-state index >= 15 is 0 Å². The van der Waals surface area contributed by atoms with Crippen molar-refractivity contribution in [3.05, 3.63) is 12.2 Å². The van der Waals surface area contributed by atoms with Crippen molar-refractivity contribution in [3.8, 4) is 0 Å². The summed E-state index contributed by atoms with van der Waals surface area (Å²) in [5.74, 6) is -0.402. The topological polar surface area (TPSA) is 83.8 Å². The number of carboxylic acid groups (broad SMARTS) is 1. The van der Waals surface area contributed by atoms with E-state index in [0.29, 0.717) is 18.8 Å². The van der Waals surface area contributed by atoms with Crippen molar-refractivity contribution in [3.63, 3.8) is 0 Å². The van der Waals surface area contributed by atoms with Gasteiger partial charge in [0.25, 0.3) is 0 Å². The number of aliphatic hydroxyl groups is 1. The summed E-state index contributed by atoms with van der Waals surface area (Å²) < 4.78 is 5.02. The van der Waals surface area contributed by atoms with Gasteiger partial charge in [0.05, 0.1) is 5.60 Å². The van der Waals surface area contributed by atoms with Gasteiger partial charge in [-0.2, -0.15) is 0 Å². The Hall–Kier alpha value is -1.20. The molecule has 0 aliphatic heterocycles. The Morgan fingerprint density at radius 3 is 2.76 bits per heavy atom. The van der Waals surface area contributed by atoms with Gasteiger partial charge in [0.2, 0.25) is 0 Å². The molecule has 0 radical (unpaired) electrons. The summed E-state index contributed by atoms with van der Waals surface area (Å²) in [5.41, 5.74) is -0.796. The van der Waals surface area contributed by atoms with Gasteiger partial charge in [0.1, 0.15) is 12.4 Å². The van der Waals surface area contributed by atoms with Gasteiger partial charge in [0, 0.05) is 18.9 Å². The molecular weight excluding hydrogens is 320 g/mol. The lowest BCUT2D eigenvalue weighted by Gasteiger charge is -2.21. The maximum absolute atomic E-state index is 12.1. The Morgan fingerprint density at radius 1 is 1.32 bits per heavy atom. The summed E-state index contributed by atoms with van der Waals surface area (Å²) in [7, 11) is 0. The number of ketones is 1. The number of hydrogen-bond donors (Lipinski definition) is 2. The predicted molar refractivity (Wildman–Crippen MR) is 97.4 cm³/mol. The molecular formula is C20H34O5. The highest BCUT2D eigenvalue weighted by Gasteiger charge is 2.32. The van der Waals surface area contributed by atoms with Crippen LogP contribution in [0.15, 0.2) is 12.2 Å². The zero-order valence-electron chi connectivity index (χ0n) is 15.7. The normalized spacial score (nSPS) is 23.2. The summed E-state index contributed by atoms with van der Waals surface area (Å²) >= 11 is 0. The lowest BCUT2D eigenvalue weighted by atomic mass is 9.88. The number of unbranched alkanes of at least 4 members (excludes halogenated alkanes) is 3. The summed E-state index contributed by atoms with van der Waals surface area (Å²) in [6, 6.07) is 0. The lowest BCUT2D eigenvalue weighted by molar-refractivity contribution is -0.142. The SMILES string of the molecule is CCCCC[C@](C)(O)/C=C/[C@H]1CCC(=O)[C@H]1CCCCOCC(=O)O.